The van der Waals surface area contributed by atoms with Crippen LogP contribution in [0.1, 0.15) is 23.1 Å². The Bertz CT molecular complexity index is 461. The van der Waals surface area contributed by atoms with Crippen LogP contribution >= 0.6 is 0 Å². The highest BCUT2D eigenvalue weighted by molar-refractivity contribution is 5.77. The van der Waals surface area contributed by atoms with Crippen LogP contribution in [0.3, 0.4) is 0 Å². The summed E-state index contributed by atoms with van der Waals surface area (Å²) in [6, 6.07) is 4.18. The lowest BCUT2D eigenvalue weighted by molar-refractivity contribution is 0.104. The third-order valence-corrected chi connectivity index (χ3v) is 2.92. The van der Waals surface area contributed by atoms with E-state index >= 15 is 0 Å². The molecule has 1 aromatic heterocycles. The summed E-state index contributed by atoms with van der Waals surface area (Å²) in [6.45, 7) is 4.60. The number of nitrogens with two attached hydrogens (primary N) is 1. The van der Waals surface area contributed by atoms with Crippen molar-refractivity contribution in [1.29, 1.82) is 0 Å². The zero-order valence-electron chi connectivity index (χ0n) is 9.87. The largest absolute Gasteiger partial charge is 0.372 e. The summed E-state index contributed by atoms with van der Waals surface area (Å²) in [7, 11) is 1.64. The molecular weight excluding hydrogens is 202 g/mol. The number of H-pyrrole nitrogens is 1. The van der Waals surface area contributed by atoms with Crippen molar-refractivity contribution >= 4 is 11.0 Å². The van der Waals surface area contributed by atoms with E-state index in [0.717, 1.165) is 16.9 Å². The molecule has 2 rings (SSSR count). The molecule has 1 unspecified atom stereocenters. The highest BCUT2D eigenvalue weighted by Crippen LogP contribution is 2.20. The van der Waals surface area contributed by atoms with Gasteiger partial charge in [-0.05, 0) is 37.1 Å². The van der Waals surface area contributed by atoms with Gasteiger partial charge in [0, 0.05) is 13.7 Å². The molecule has 0 amide bonds. The second kappa shape index (κ2) is 4.23. The number of imidazole rings is 1. The Morgan fingerprint density at radius 1 is 1.38 bits per heavy atom. The Morgan fingerprint density at radius 3 is 2.69 bits per heavy atom. The minimum Gasteiger partial charge on any atom is -0.372 e. The number of nitrogens with zero attached hydrogens (tertiary/aromatic N) is 1. The predicted molar refractivity (Wildman–Crippen MR) is 64.4 cm³/mol. The molecule has 0 aliphatic rings. The van der Waals surface area contributed by atoms with Crippen molar-refractivity contribution in [2.45, 2.75) is 20.0 Å². The van der Waals surface area contributed by atoms with E-state index < -0.39 is 0 Å². The molecule has 16 heavy (non-hydrogen) atoms. The zero-order chi connectivity index (χ0) is 11.7. The van der Waals surface area contributed by atoms with Crippen LogP contribution in [0.5, 0.6) is 0 Å². The molecule has 4 nitrogen and oxygen atoms in total. The van der Waals surface area contributed by atoms with Gasteiger partial charge in [-0.3, -0.25) is 0 Å². The smallest absolute Gasteiger partial charge is 0.137 e. The lowest BCUT2D eigenvalue weighted by Crippen LogP contribution is -2.15. The molecule has 2 aromatic rings. The fraction of sp³-hybridized carbons (Fsp3) is 0.417. The van der Waals surface area contributed by atoms with Crippen LogP contribution in [0.4, 0.5) is 0 Å². The van der Waals surface area contributed by atoms with Crippen LogP contribution in [0.15, 0.2) is 12.1 Å². The number of ether oxygens (including phenoxy) is 1. The molecule has 1 atom stereocenters. The van der Waals surface area contributed by atoms with E-state index in [-0.39, 0.29) is 6.10 Å². The second-order valence-electron chi connectivity index (χ2n) is 4.04. The molecule has 0 saturated carbocycles. The Kier molecular flexibility index (Phi) is 2.94. The van der Waals surface area contributed by atoms with E-state index in [9.17, 15) is 0 Å². The van der Waals surface area contributed by atoms with Crippen molar-refractivity contribution in [3.63, 3.8) is 0 Å². The number of methoxy groups -OCH3 is 1. The first kappa shape index (κ1) is 11.1. The van der Waals surface area contributed by atoms with Gasteiger partial charge in [0.05, 0.1) is 11.0 Å². The van der Waals surface area contributed by atoms with Gasteiger partial charge in [0.2, 0.25) is 0 Å². The number of fused-ring (bicyclic) bond motifs is 1. The molecule has 86 valence electrons. The van der Waals surface area contributed by atoms with Crippen molar-refractivity contribution in [3.8, 4) is 0 Å². The summed E-state index contributed by atoms with van der Waals surface area (Å²) in [5, 5.41) is 0. The molecule has 0 bridgehead atoms. The van der Waals surface area contributed by atoms with Crippen LogP contribution < -0.4 is 5.73 Å². The van der Waals surface area contributed by atoms with Crippen LogP contribution in [0.2, 0.25) is 0 Å². The first-order valence-corrected chi connectivity index (χ1v) is 5.35. The number of benzene rings is 1. The summed E-state index contributed by atoms with van der Waals surface area (Å²) in [6.07, 6.45) is -0.159. The van der Waals surface area contributed by atoms with Gasteiger partial charge in [-0.2, -0.15) is 0 Å². The van der Waals surface area contributed by atoms with E-state index in [1.54, 1.807) is 7.11 Å². The Balaban J connectivity index is 2.51. The van der Waals surface area contributed by atoms with Crippen molar-refractivity contribution < 1.29 is 4.74 Å². The molecule has 1 aromatic carbocycles. The van der Waals surface area contributed by atoms with E-state index in [1.807, 2.05) is 0 Å². The van der Waals surface area contributed by atoms with Crippen LogP contribution in [0.25, 0.3) is 11.0 Å². The zero-order valence-corrected chi connectivity index (χ0v) is 9.87. The number of aromatic amines is 1. The average molecular weight is 219 g/mol. The number of nitrogens with one attached hydrogen (secondary N) is 1. The van der Waals surface area contributed by atoms with E-state index in [4.69, 9.17) is 10.5 Å². The standard InChI is InChI=1S/C12H17N3O/c1-7-4-9-10(5-8(7)2)15-12(14-9)11(6-13)16-3/h4-5,11H,6,13H2,1-3H3,(H,14,15). The summed E-state index contributed by atoms with van der Waals surface area (Å²) >= 11 is 0. The second-order valence-corrected chi connectivity index (χ2v) is 4.04. The summed E-state index contributed by atoms with van der Waals surface area (Å²) in [4.78, 5) is 7.75. The van der Waals surface area contributed by atoms with E-state index in [2.05, 4.69) is 35.9 Å². The maximum absolute atomic E-state index is 5.61. The van der Waals surface area contributed by atoms with Crippen molar-refractivity contribution in [1.82, 2.24) is 9.97 Å². The third kappa shape index (κ3) is 1.81. The van der Waals surface area contributed by atoms with Crippen LogP contribution in [-0.4, -0.2) is 23.6 Å². The summed E-state index contributed by atoms with van der Waals surface area (Å²) < 4.78 is 5.26. The van der Waals surface area contributed by atoms with Gasteiger partial charge in [0.25, 0.3) is 0 Å². The number of hydrogen-bond acceptors (Lipinski definition) is 3. The highest BCUT2D eigenvalue weighted by atomic mass is 16.5. The first-order chi connectivity index (χ1) is 7.65. The summed E-state index contributed by atoms with van der Waals surface area (Å²) in [5.41, 5.74) is 10.1. The number of rotatable bonds is 3. The van der Waals surface area contributed by atoms with Gasteiger partial charge >= 0.3 is 0 Å². The molecule has 0 aliphatic heterocycles. The Labute approximate surface area is 94.8 Å². The third-order valence-electron chi connectivity index (χ3n) is 2.92. The fourth-order valence-electron chi connectivity index (χ4n) is 1.76. The fourth-order valence-corrected chi connectivity index (χ4v) is 1.76. The van der Waals surface area contributed by atoms with Crippen LogP contribution in [-0.2, 0) is 4.74 Å². The number of aryl methyl sites for hydroxylation is 2. The van der Waals surface area contributed by atoms with Gasteiger partial charge < -0.3 is 15.5 Å². The van der Waals surface area contributed by atoms with Crippen molar-refractivity contribution in [3.05, 3.63) is 29.1 Å². The average Bonchev–Trinajstić information content (AvgIpc) is 2.63. The maximum Gasteiger partial charge on any atom is 0.137 e. The topological polar surface area (TPSA) is 63.9 Å². The van der Waals surface area contributed by atoms with Gasteiger partial charge in [-0.15, -0.1) is 0 Å². The van der Waals surface area contributed by atoms with Gasteiger partial charge in [-0.25, -0.2) is 4.98 Å². The molecule has 4 heteroatoms. The first-order valence-electron chi connectivity index (χ1n) is 5.35. The minimum atomic E-state index is -0.159. The summed E-state index contributed by atoms with van der Waals surface area (Å²) in [5.74, 6) is 0.796. The maximum atomic E-state index is 5.61. The normalized spacial score (nSPS) is 13.2. The van der Waals surface area contributed by atoms with Gasteiger partial charge in [0.15, 0.2) is 0 Å². The number of aromatic nitrogens is 2. The molecule has 0 saturated heterocycles. The lowest BCUT2D eigenvalue weighted by Gasteiger charge is -2.08. The molecule has 0 fully saturated rings. The van der Waals surface area contributed by atoms with E-state index in [1.165, 1.54) is 11.1 Å². The molecule has 0 aliphatic carbocycles. The molecule has 3 N–H and O–H groups in total. The SMILES string of the molecule is COC(CN)c1nc2cc(C)c(C)cc2[nH]1. The number of hydrogen-bond donors (Lipinski definition) is 2. The molecule has 0 spiro atoms. The van der Waals surface area contributed by atoms with E-state index in [0.29, 0.717) is 6.54 Å². The quantitative estimate of drug-likeness (QED) is 0.827. The highest BCUT2D eigenvalue weighted by Gasteiger charge is 2.13. The Morgan fingerprint density at radius 2 is 2.06 bits per heavy atom. The van der Waals surface area contributed by atoms with Gasteiger partial charge in [0.1, 0.15) is 11.9 Å². The minimum absolute atomic E-state index is 0.159. The van der Waals surface area contributed by atoms with Crippen molar-refractivity contribution in [2.24, 2.45) is 5.73 Å². The van der Waals surface area contributed by atoms with Crippen molar-refractivity contribution in [2.75, 3.05) is 13.7 Å². The lowest BCUT2D eigenvalue weighted by atomic mass is 10.1. The van der Waals surface area contributed by atoms with Gasteiger partial charge in [-0.1, -0.05) is 0 Å². The Hall–Kier alpha value is -1.39. The molecule has 0 radical (unpaired) electrons. The molecular formula is C12H17N3O. The predicted octanol–water partition coefficient (Wildman–Crippen LogP) is 1.83. The van der Waals surface area contributed by atoms with Crippen LogP contribution in [0, 0.1) is 13.8 Å². The monoisotopic (exact) mass is 219 g/mol. The molecule has 1 heterocycles.